The average molecular weight is 364 g/mol. The molecular weight excluding hydrogens is 353 g/mol. The molecule has 0 spiro atoms. The maximum absolute atomic E-state index is 13.4. The van der Waals surface area contributed by atoms with Crippen molar-refractivity contribution in [3.05, 3.63) is 63.3 Å². The van der Waals surface area contributed by atoms with Crippen molar-refractivity contribution in [2.24, 2.45) is 0 Å². The van der Waals surface area contributed by atoms with Gasteiger partial charge in [0.05, 0.1) is 23.3 Å². The number of alkyl halides is 3. The van der Waals surface area contributed by atoms with Gasteiger partial charge in [-0.25, -0.2) is 9.97 Å². The molecule has 0 aliphatic heterocycles. The second kappa shape index (κ2) is 5.41. The molecule has 3 heterocycles. The predicted molar refractivity (Wildman–Crippen MR) is 87.9 cm³/mol. The Kier molecular flexibility index (Phi) is 3.43. The van der Waals surface area contributed by atoms with Crippen molar-refractivity contribution >= 4 is 27.3 Å². The van der Waals surface area contributed by atoms with Gasteiger partial charge in [0.2, 0.25) is 5.82 Å². The Hall–Kier alpha value is -2.68. The van der Waals surface area contributed by atoms with E-state index in [0.29, 0.717) is 10.5 Å². The molecule has 0 aliphatic carbocycles. The van der Waals surface area contributed by atoms with E-state index in [0.717, 1.165) is 10.3 Å². The smallest absolute Gasteiger partial charge is 0.314 e. The molecule has 25 heavy (non-hydrogen) atoms. The maximum atomic E-state index is 13.4. The molecule has 4 aromatic rings. The number of thiazole rings is 1. The lowest BCUT2D eigenvalue weighted by Gasteiger charge is -2.11. The molecule has 0 N–H and O–H groups in total. The fourth-order valence-electron chi connectivity index (χ4n) is 2.80. The molecular formula is C16H11F3N4OS. The van der Waals surface area contributed by atoms with Crippen LogP contribution in [0.5, 0.6) is 0 Å². The minimum absolute atomic E-state index is 0.182. The molecule has 1 aromatic carbocycles. The number of hydrogen-bond donors (Lipinski definition) is 0. The van der Waals surface area contributed by atoms with Crippen LogP contribution in [0.15, 0.2) is 40.5 Å². The summed E-state index contributed by atoms with van der Waals surface area (Å²) in [5, 5.41) is 1.78. The summed E-state index contributed by atoms with van der Waals surface area (Å²) in [6, 6.07) is 7.63. The number of halogens is 3. The monoisotopic (exact) mass is 364 g/mol. The molecule has 0 aliphatic rings. The standard InChI is InChI=1S/C16H11F3N4OS/c1-9-8-25-15-20-10(6-13(24)23(9)15)7-22-12-5-3-2-4-11(12)21-14(22)16(17,18)19/h2-6,8H,7H2,1H3. The summed E-state index contributed by atoms with van der Waals surface area (Å²) in [6.45, 7) is 1.59. The van der Waals surface area contributed by atoms with Crippen LogP contribution in [0.1, 0.15) is 17.2 Å². The van der Waals surface area contributed by atoms with Gasteiger partial charge < -0.3 is 4.57 Å². The molecule has 0 unspecified atom stereocenters. The van der Waals surface area contributed by atoms with Crippen LogP contribution in [0.4, 0.5) is 13.2 Å². The van der Waals surface area contributed by atoms with Crippen molar-refractivity contribution < 1.29 is 13.2 Å². The zero-order valence-corrected chi connectivity index (χ0v) is 13.7. The number of rotatable bonds is 2. The number of fused-ring (bicyclic) bond motifs is 2. The van der Waals surface area contributed by atoms with Crippen LogP contribution in [0.25, 0.3) is 16.0 Å². The van der Waals surface area contributed by atoms with Gasteiger partial charge in [0, 0.05) is 17.1 Å². The van der Waals surface area contributed by atoms with E-state index in [1.54, 1.807) is 30.5 Å². The SMILES string of the molecule is Cc1csc2nc(Cn3c(C(F)(F)F)nc4ccccc43)cc(=O)n12. The van der Waals surface area contributed by atoms with E-state index in [1.807, 2.05) is 0 Å². The van der Waals surface area contributed by atoms with Crippen molar-refractivity contribution in [3.63, 3.8) is 0 Å². The molecule has 0 bridgehead atoms. The summed E-state index contributed by atoms with van der Waals surface area (Å²) in [6.07, 6.45) is -4.60. The quantitative estimate of drug-likeness (QED) is 0.547. The fourth-order valence-corrected chi connectivity index (χ4v) is 3.69. The molecule has 0 atom stereocenters. The summed E-state index contributed by atoms with van der Waals surface area (Å²) in [7, 11) is 0. The van der Waals surface area contributed by atoms with Crippen molar-refractivity contribution in [2.45, 2.75) is 19.6 Å². The third-order valence-corrected chi connectivity index (χ3v) is 4.80. The van der Waals surface area contributed by atoms with Gasteiger partial charge in [0.1, 0.15) is 0 Å². The van der Waals surface area contributed by atoms with Gasteiger partial charge in [-0.05, 0) is 19.1 Å². The molecule has 9 heteroatoms. The van der Waals surface area contributed by atoms with E-state index >= 15 is 0 Å². The molecule has 0 saturated heterocycles. The fraction of sp³-hybridized carbons (Fsp3) is 0.188. The van der Waals surface area contributed by atoms with E-state index in [4.69, 9.17) is 0 Å². The van der Waals surface area contributed by atoms with Gasteiger partial charge in [-0.15, -0.1) is 11.3 Å². The zero-order valence-electron chi connectivity index (χ0n) is 12.9. The summed E-state index contributed by atoms with van der Waals surface area (Å²) in [4.78, 5) is 20.7. The van der Waals surface area contributed by atoms with Crippen molar-refractivity contribution in [1.82, 2.24) is 18.9 Å². The van der Waals surface area contributed by atoms with Gasteiger partial charge in [0.25, 0.3) is 5.56 Å². The van der Waals surface area contributed by atoms with Crippen LogP contribution >= 0.6 is 11.3 Å². The Labute approximate surface area is 143 Å². The average Bonchev–Trinajstić information content (AvgIpc) is 3.09. The molecule has 0 radical (unpaired) electrons. The van der Waals surface area contributed by atoms with Crippen LogP contribution in [-0.2, 0) is 12.7 Å². The highest BCUT2D eigenvalue weighted by atomic mass is 32.1. The molecule has 0 amide bonds. The highest BCUT2D eigenvalue weighted by molar-refractivity contribution is 7.15. The topological polar surface area (TPSA) is 52.2 Å². The summed E-state index contributed by atoms with van der Waals surface area (Å²) in [5.41, 5.74) is 1.30. The van der Waals surface area contributed by atoms with E-state index in [2.05, 4.69) is 9.97 Å². The van der Waals surface area contributed by atoms with Gasteiger partial charge in [-0.2, -0.15) is 13.2 Å². The Balaban J connectivity index is 1.90. The normalized spacial score (nSPS) is 12.3. The maximum Gasteiger partial charge on any atom is 0.449 e. The Morgan fingerprint density at radius 1 is 1.20 bits per heavy atom. The number of aryl methyl sites for hydroxylation is 1. The Bertz CT molecular complexity index is 1160. The van der Waals surface area contributed by atoms with Gasteiger partial charge >= 0.3 is 6.18 Å². The zero-order chi connectivity index (χ0) is 17.8. The molecule has 4 rings (SSSR count). The first-order valence-corrected chi connectivity index (χ1v) is 8.22. The van der Waals surface area contributed by atoms with Gasteiger partial charge in [-0.1, -0.05) is 12.1 Å². The first-order valence-electron chi connectivity index (χ1n) is 7.34. The number of aromatic nitrogens is 4. The number of hydrogen-bond acceptors (Lipinski definition) is 4. The number of para-hydroxylation sites is 2. The first-order chi connectivity index (χ1) is 11.8. The van der Waals surface area contributed by atoms with Crippen molar-refractivity contribution in [2.75, 3.05) is 0 Å². The van der Waals surface area contributed by atoms with Crippen molar-refractivity contribution in [3.8, 4) is 0 Å². The lowest BCUT2D eigenvalue weighted by atomic mass is 10.3. The minimum atomic E-state index is -4.60. The van der Waals surface area contributed by atoms with Crippen LogP contribution in [0, 0.1) is 6.92 Å². The van der Waals surface area contributed by atoms with Crippen LogP contribution in [0.3, 0.4) is 0 Å². The summed E-state index contributed by atoms with van der Waals surface area (Å²) in [5.74, 6) is -1.00. The van der Waals surface area contributed by atoms with E-state index in [-0.39, 0.29) is 23.3 Å². The molecule has 128 valence electrons. The third kappa shape index (κ3) is 2.60. The number of nitrogens with zero attached hydrogens (tertiary/aromatic N) is 4. The number of benzene rings is 1. The second-order valence-corrected chi connectivity index (χ2v) is 6.43. The van der Waals surface area contributed by atoms with Gasteiger partial charge in [-0.3, -0.25) is 9.20 Å². The van der Waals surface area contributed by atoms with Gasteiger partial charge in [0.15, 0.2) is 4.96 Å². The highest BCUT2D eigenvalue weighted by Gasteiger charge is 2.37. The van der Waals surface area contributed by atoms with E-state index < -0.39 is 12.0 Å². The summed E-state index contributed by atoms with van der Waals surface area (Å²) < 4.78 is 42.6. The number of imidazole rings is 1. The van der Waals surface area contributed by atoms with E-state index in [1.165, 1.54) is 27.9 Å². The largest absolute Gasteiger partial charge is 0.449 e. The molecule has 3 aromatic heterocycles. The van der Waals surface area contributed by atoms with Crippen molar-refractivity contribution in [1.29, 1.82) is 0 Å². The Morgan fingerprint density at radius 3 is 2.72 bits per heavy atom. The van der Waals surface area contributed by atoms with E-state index in [9.17, 15) is 18.0 Å². The highest BCUT2D eigenvalue weighted by Crippen LogP contribution is 2.31. The molecule has 0 saturated carbocycles. The molecule has 0 fully saturated rings. The second-order valence-electron chi connectivity index (χ2n) is 5.59. The minimum Gasteiger partial charge on any atom is -0.314 e. The van der Waals surface area contributed by atoms with Crippen LogP contribution in [-0.4, -0.2) is 18.9 Å². The third-order valence-electron chi connectivity index (χ3n) is 3.86. The van der Waals surface area contributed by atoms with Crippen LogP contribution < -0.4 is 5.56 Å². The molecule has 5 nitrogen and oxygen atoms in total. The lowest BCUT2D eigenvalue weighted by molar-refractivity contribution is -0.146. The predicted octanol–water partition coefficient (Wildman–Crippen LogP) is 3.48. The Morgan fingerprint density at radius 2 is 1.96 bits per heavy atom. The lowest BCUT2D eigenvalue weighted by Crippen LogP contribution is -2.19. The summed E-state index contributed by atoms with van der Waals surface area (Å²) >= 11 is 1.27. The van der Waals surface area contributed by atoms with Crippen LogP contribution in [0.2, 0.25) is 0 Å². The first kappa shape index (κ1) is 15.8.